The summed E-state index contributed by atoms with van der Waals surface area (Å²) in [5.41, 5.74) is 1.00. The molecule has 6 heteroatoms. The van der Waals surface area contributed by atoms with E-state index in [9.17, 15) is 0 Å². The minimum atomic E-state index is 0.118. The monoisotopic (exact) mass is 339 g/mol. The van der Waals surface area contributed by atoms with E-state index >= 15 is 0 Å². The molecule has 1 unspecified atom stereocenters. The normalized spacial score (nSPS) is 15.6. The first-order valence-electron chi connectivity index (χ1n) is 8.47. The van der Waals surface area contributed by atoms with Crippen molar-refractivity contribution in [3.63, 3.8) is 0 Å². The molecular formula is C18H21N5S. The molecule has 3 heterocycles. The van der Waals surface area contributed by atoms with Crippen molar-refractivity contribution < 1.29 is 0 Å². The lowest BCUT2D eigenvalue weighted by Gasteiger charge is -2.18. The maximum Gasteiger partial charge on any atom is 0.151 e. The zero-order chi connectivity index (χ0) is 16.7. The van der Waals surface area contributed by atoms with Crippen LogP contribution in [0.2, 0.25) is 0 Å². The summed E-state index contributed by atoms with van der Waals surface area (Å²) in [4.78, 5) is 20.8. The third-order valence-corrected chi connectivity index (χ3v) is 5.55. The molecule has 0 spiro atoms. The van der Waals surface area contributed by atoms with E-state index in [2.05, 4.69) is 38.2 Å². The predicted octanol–water partition coefficient (Wildman–Crippen LogP) is 4.22. The molecule has 1 fully saturated rings. The molecular weight excluding hydrogens is 318 g/mol. The Morgan fingerprint density at radius 3 is 2.79 bits per heavy atom. The van der Waals surface area contributed by atoms with Gasteiger partial charge in [0, 0.05) is 16.8 Å². The summed E-state index contributed by atoms with van der Waals surface area (Å²) >= 11 is 1.75. The van der Waals surface area contributed by atoms with E-state index in [0.717, 1.165) is 39.8 Å². The summed E-state index contributed by atoms with van der Waals surface area (Å²) < 4.78 is 0. The summed E-state index contributed by atoms with van der Waals surface area (Å²) in [6, 6.07) is 4.27. The molecule has 0 radical (unpaired) electrons. The Morgan fingerprint density at radius 1 is 1.25 bits per heavy atom. The van der Waals surface area contributed by atoms with Crippen LogP contribution in [0.5, 0.6) is 0 Å². The highest BCUT2D eigenvalue weighted by molar-refractivity contribution is 7.18. The van der Waals surface area contributed by atoms with Gasteiger partial charge in [0.25, 0.3) is 0 Å². The molecule has 1 N–H and O–H groups in total. The third kappa shape index (κ3) is 2.98. The molecule has 1 atom stereocenters. The summed E-state index contributed by atoms with van der Waals surface area (Å²) in [6.45, 7) is 6.13. The van der Waals surface area contributed by atoms with Crippen LogP contribution in [0.3, 0.4) is 0 Å². The topological polar surface area (TPSA) is 63.6 Å². The van der Waals surface area contributed by atoms with Gasteiger partial charge in [-0.25, -0.2) is 19.9 Å². The first-order chi connectivity index (χ1) is 11.6. The average Bonchev–Trinajstić information content (AvgIpc) is 3.31. The van der Waals surface area contributed by atoms with Crippen molar-refractivity contribution in [2.75, 3.05) is 5.32 Å². The molecule has 4 rings (SSSR count). The second kappa shape index (κ2) is 6.09. The number of aromatic nitrogens is 4. The number of hydrogen-bond acceptors (Lipinski definition) is 6. The fourth-order valence-corrected chi connectivity index (χ4v) is 3.96. The van der Waals surface area contributed by atoms with Crippen molar-refractivity contribution in [3.05, 3.63) is 40.5 Å². The molecule has 3 aromatic rings. The van der Waals surface area contributed by atoms with Gasteiger partial charge in [0.1, 0.15) is 16.5 Å². The van der Waals surface area contributed by atoms with E-state index in [4.69, 9.17) is 0 Å². The van der Waals surface area contributed by atoms with Crippen molar-refractivity contribution in [2.45, 2.75) is 46.1 Å². The van der Waals surface area contributed by atoms with Gasteiger partial charge in [-0.05, 0) is 51.2 Å². The number of thiophene rings is 1. The minimum Gasteiger partial charge on any atom is -0.359 e. The molecule has 1 saturated carbocycles. The highest BCUT2D eigenvalue weighted by Gasteiger charge is 2.35. The van der Waals surface area contributed by atoms with E-state index in [1.54, 1.807) is 11.3 Å². The zero-order valence-corrected chi connectivity index (χ0v) is 15.0. The van der Waals surface area contributed by atoms with E-state index in [1.807, 2.05) is 26.1 Å². The maximum atomic E-state index is 4.68. The number of anilines is 1. The van der Waals surface area contributed by atoms with Gasteiger partial charge in [-0.2, -0.15) is 0 Å². The SMILES string of the molecule is CCc1cc2c(NC(c3nccc(C)n3)C3CC3)nc(C)nc2s1. The summed E-state index contributed by atoms with van der Waals surface area (Å²) in [7, 11) is 0. The van der Waals surface area contributed by atoms with Crippen LogP contribution in [0.15, 0.2) is 18.3 Å². The molecule has 1 aliphatic carbocycles. The van der Waals surface area contributed by atoms with Gasteiger partial charge in [0.2, 0.25) is 0 Å². The number of hydrogen-bond donors (Lipinski definition) is 1. The van der Waals surface area contributed by atoms with Crippen LogP contribution in [0.1, 0.15) is 48.0 Å². The summed E-state index contributed by atoms with van der Waals surface area (Å²) in [6.07, 6.45) is 5.29. The number of nitrogens with zero attached hydrogens (tertiary/aromatic N) is 4. The van der Waals surface area contributed by atoms with Gasteiger partial charge >= 0.3 is 0 Å². The Labute approximate surface area is 145 Å². The van der Waals surface area contributed by atoms with Crippen LogP contribution in [-0.2, 0) is 6.42 Å². The van der Waals surface area contributed by atoms with Gasteiger partial charge in [-0.3, -0.25) is 0 Å². The Balaban J connectivity index is 1.74. The molecule has 0 aliphatic heterocycles. The largest absolute Gasteiger partial charge is 0.359 e. The number of nitrogens with one attached hydrogen (secondary N) is 1. The smallest absolute Gasteiger partial charge is 0.151 e. The summed E-state index contributed by atoms with van der Waals surface area (Å²) in [5.74, 6) is 3.17. The predicted molar refractivity (Wildman–Crippen MR) is 97.4 cm³/mol. The van der Waals surface area contributed by atoms with Crippen molar-refractivity contribution in [2.24, 2.45) is 5.92 Å². The molecule has 0 aromatic carbocycles. The van der Waals surface area contributed by atoms with Gasteiger partial charge < -0.3 is 5.32 Å². The lowest BCUT2D eigenvalue weighted by molar-refractivity contribution is 0.629. The lowest BCUT2D eigenvalue weighted by atomic mass is 10.1. The standard InChI is InChI=1S/C18H21N5S/c1-4-13-9-14-16(21-11(3)22-18(14)24-13)23-15(12-5-6-12)17-19-8-7-10(2)20-17/h7-9,12,15H,4-6H2,1-3H3,(H,21,22,23). The molecule has 5 nitrogen and oxygen atoms in total. The van der Waals surface area contributed by atoms with Crippen molar-refractivity contribution in [1.29, 1.82) is 0 Å². The van der Waals surface area contributed by atoms with Gasteiger partial charge in [0.05, 0.1) is 11.4 Å². The minimum absolute atomic E-state index is 0.118. The average molecular weight is 339 g/mol. The van der Waals surface area contributed by atoms with Crippen LogP contribution in [0.4, 0.5) is 5.82 Å². The number of fused-ring (bicyclic) bond motifs is 1. The van der Waals surface area contributed by atoms with Crippen molar-refractivity contribution in [1.82, 2.24) is 19.9 Å². The van der Waals surface area contributed by atoms with Crippen molar-refractivity contribution >= 4 is 27.4 Å². The van der Waals surface area contributed by atoms with Gasteiger partial charge in [-0.15, -0.1) is 11.3 Å². The molecule has 0 bridgehead atoms. The Bertz CT molecular complexity index is 884. The summed E-state index contributed by atoms with van der Waals surface area (Å²) in [5, 5.41) is 4.75. The Hall–Kier alpha value is -2.08. The Morgan fingerprint density at radius 2 is 2.08 bits per heavy atom. The van der Waals surface area contributed by atoms with Crippen LogP contribution >= 0.6 is 11.3 Å². The van der Waals surface area contributed by atoms with Crippen LogP contribution < -0.4 is 5.32 Å². The van der Waals surface area contributed by atoms with E-state index in [0.29, 0.717) is 5.92 Å². The van der Waals surface area contributed by atoms with Crippen LogP contribution in [-0.4, -0.2) is 19.9 Å². The van der Waals surface area contributed by atoms with E-state index < -0.39 is 0 Å². The van der Waals surface area contributed by atoms with Crippen LogP contribution in [0.25, 0.3) is 10.2 Å². The maximum absolute atomic E-state index is 4.68. The molecule has 0 amide bonds. The second-order valence-corrected chi connectivity index (χ2v) is 7.54. The number of rotatable bonds is 5. The van der Waals surface area contributed by atoms with Gasteiger partial charge in [-0.1, -0.05) is 6.92 Å². The third-order valence-electron chi connectivity index (χ3n) is 4.38. The molecule has 1 aliphatic rings. The van der Waals surface area contributed by atoms with Crippen LogP contribution in [0, 0.1) is 19.8 Å². The molecule has 124 valence electrons. The first kappa shape index (κ1) is 15.4. The van der Waals surface area contributed by atoms with E-state index in [-0.39, 0.29) is 6.04 Å². The zero-order valence-electron chi connectivity index (χ0n) is 14.2. The number of aryl methyl sites for hydroxylation is 3. The Kier molecular flexibility index (Phi) is 3.92. The second-order valence-electron chi connectivity index (χ2n) is 6.42. The highest BCUT2D eigenvalue weighted by Crippen LogP contribution is 2.42. The lowest BCUT2D eigenvalue weighted by Crippen LogP contribution is -2.17. The quantitative estimate of drug-likeness (QED) is 0.754. The molecule has 0 saturated heterocycles. The van der Waals surface area contributed by atoms with E-state index in [1.165, 1.54) is 17.7 Å². The molecule has 3 aromatic heterocycles. The highest BCUT2D eigenvalue weighted by atomic mass is 32.1. The van der Waals surface area contributed by atoms with Crippen molar-refractivity contribution in [3.8, 4) is 0 Å². The fraction of sp³-hybridized carbons (Fsp3) is 0.444. The molecule has 24 heavy (non-hydrogen) atoms. The van der Waals surface area contributed by atoms with Gasteiger partial charge in [0.15, 0.2) is 5.82 Å². The first-order valence-corrected chi connectivity index (χ1v) is 9.29. The fourth-order valence-electron chi connectivity index (χ4n) is 2.95.